The highest BCUT2D eigenvalue weighted by Crippen LogP contribution is 2.21. The molecule has 0 radical (unpaired) electrons. The molecule has 2 atom stereocenters. The zero-order chi connectivity index (χ0) is 25.4. The highest BCUT2D eigenvalue weighted by Gasteiger charge is 2.41. The summed E-state index contributed by atoms with van der Waals surface area (Å²) in [6.07, 6.45) is -4.22. The van der Waals surface area contributed by atoms with Gasteiger partial charge in [0, 0.05) is 6.54 Å². The summed E-state index contributed by atoms with van der Waals surface area (Å²) < 4.78 is 10.3. The zero-order valence-corrected chi connectivity index (χ0v) is 19.5. The molecular formula is C25H19Cl2NO7. The molecule has 2 N–H and O–H groups in total. The molecule has 8 nitrogen and oxygen atoms in total. The van der Waals surface area contributed by atoms with E-state index >= 15 is 0 Å². The summed E-state index contributed by atoms with van der Waals surface area (Å²) >= 11 is 12.0. The van der Waals surface area contributed by atoms with Crippen molar-refractivity contribution in [1.82, 2.24) is 5.32 Å². The summed E-state index contributed by atoms with van der Waals surface area (Å²) in [5.74, 6) is -4.89. The number of rotatable bonds is 9. The third kappa shape index (κ3) is 6.81. The van der Waals surface area contributed by atoms with Crippen molar-refractivity contribution < 1.29 is 33.8 Å². The fraction of sp³-hybridized carbons (Fsp3) is 0.120. The normalized spacial score (nSPS) is 12.2. The standard InChI is InChI=1S/C25H19Cl2NO7/c26-18-12-6-4-10-16(18)24(32)34-20(22(29)28-14-15-8-2-1-3-9-15)21(23(30)31)35-25(33)17-11-5-7-13-19(17)27/h1-13,20-21H,14H2,(H,28,29)(H,30,31)/t20-,21+/m0/s1. The largest absolute Gasteiger partial charge is 0.478 e. The number of benzene rings is 3. The van der Waals surface area contributed by atoms with Gasteiger partial charge < -0.3 is 19.9 Å². The van der Waals surface area contributed by atoms with E-state index in [1.165, 1.54) is 36.4 Å². The minimum atomic E-state index is -2.18. The number of amides is 1. The van der Waals surface area contributed by atoms with Crippen molar-refractivity contribution in [3.8, 4) is 0 Å². The number of carboxylic acid groups (broad SMARTS) is 1. The van der Waals surface area contributed by atoms with Crippen LogP contribution in [0.3, 0.4) is 0 Å². The van der Waals surface area contributed by atoms with Crippen molar-refractivity contribution in [2.75, 3.05) is 0 Å². The monoisotopic (exact) mass is 515 g/mol. The minimum Gasteiger partial charge on any atom is -0.478 e. The summed E-state index contributed by atoms with van der Waals surface area (Å²) in [7, 11) is 0. The summed E-state index contributed by atoms with van der Waals surface area (Å²) in [5, 5.41) is 12.3. The van der Waals surface area contributed by atoms with Crippen molar-refractivity contribution in [2.24, 2.45) is 0 Å². The average molecular weight is 516 g/mol. The molecule has 3 aromatic rings. The number of nitrogens with one attached hydrogen (secondary N) is 1. The molecule has 3 rings (SSSR count). The molecule has 0 saturated heterocycles. The first kappa shape index (κ1) is 25.7. The minimum absolute atomic E-state index is 0.00458. The van der Waals surface area contributed by atoms with Gasteiger partial charge in [-0.2, -0.15) is 0 Å². The van der Waals surface area contributed by atoms with Crippen LogP contribution in [0.5, 0.6) is 0 Å². The molecule has 0 aliphatic heterocycles. The quantitative estimate of drug-likeness (QED) is 0.411. The molecule has 0 unspecified atom stereocenters. The number of carbonyl (C=O) groups excluding carboxylic acids is 3. The van der Waals surface area contributed by atoms with E-state index in [2.05, 4.69) is 5.32 Å². The van der Waals surface area contributed by atoms with Crippen molar-refractivity contribution in [3.05, 3.63) is 106 Å². The van der Waals surface area contributed by atoms with Crippen LogP contribution >= 0.6 is 23.2 Å². The maximum absolute atomic E-state index is 13.0. The Morgan fingerprint density at radius 1 is 0.714 bits per heavy atom. The number of ether oxygens (including phenoxy) is 2. The number of hydrogen-bond acceptors (Lipinski definition) is 6. The zero-order valence-electron chi connectivity index (χ0n) is 18.0. The highest BCUT2D eigenvalue weighted by molar-refractivity contribution is 6.34. The summed E-state index contributed by atoms with van der Waals surface area (Å²) in [6, 6.07) is 20.4. The second-order valence-electron chi connectivity index (χ2n) is 7.15. The van der Waals surface area contributed by atoms with Gasteiger partial charge in [0.1, 0.15) is 0 Å². The Kier molecular flexibility index (Phi) is 8.83. The first-order valence-corrected chi connectivity index (χ1v) is 11.0. The molecule has 0 fully saturated rings. The molecule has 10 heteroatoms. The SMILES string of the molecule is O=C(O[C@H](C(=O)NCc1ccccc1)[C@@H](OC(=O)c1ccccc1Cl)C(=O)O)c1ccccc1Cl. The lowest BCUT2D eigenvalue weighted by molar-refractivity contribution is -0.159. The van der Waals surface area contributed by atoms with Crippen molar-refractivity contribution in [1.29, 1.82) is 0 Å². The van der Waals surface area contributed by atoms with Gasteiger partial charge in [-0.25, -0.2) is 14.4 Å². The van der Waals surface area contributed by atoms with Crippen molar-refractivity contribution >= 4 is 47.0 Å². The van der Waals surface area contributed by atoms with Crippen LogP contribution in [0.4, 0.5) is 0 Å². The molecule has 0 bridgehead atoms. The third-order valence-electron chi connectivity index (χ3n) is 4.74. The van der Waals surface area contributed by atoms with E-state index in [1.54, 1.807) is 42.5 Å². The van der Waals surface area contributed by atoms with Crippen molar-refractivity contribution in [2.45, 2.75) is 18.8 Å². The molecule has 1 amide bonds. The molecule has 180 valence electrons. The van der Waals surface area contributed by atoms with Gasteiger partial charge >= 0.3 is 17.9 Å². The fourth-order valence-electron chi connectivity index (χ4n) is 2.99. The Balaban J connectivity index is 1.88. The second kappa shape index (κ2) is 12.0. The molecule has 0 aliphatic carbocycles. The van der Waals surface area contributed by atoms with Gasteiger partial charge in [0.15, 0.2) is 0 Å². The Labute approximate surface area is 210 Å². The van der Waals surface area contributed by atoms with Gasteiger partial charge in [0.2, 0.25) is 12.2 Å². The molecule has 3 aromatic carbocycles. The lowest BCUT2D eigenvalue weighted by Gasteiger charge is -2.24. The van der Waals surface area contributed by atoms with E-state index in [1.807, 2.05) is 0 Å². The van der Waals surface area contributed by atoms with E-state index in [4.69, 9.17) is 32.7 Å². The van der Waals surface area contributed by atoms with Crippen molar-refractivity contribution in [3.63, 3.8) is 0 Å². The smallest absolute Gasteiger partial charge is 0.349 e. The van der Waals surface area contributed by atoms with Crippen LogP contribution in [0.15, 0.2) is 78.9 Å². The van der Waals surface area contributed by atoms with Gasteiger partial charge in [-0.1, -0.05) is 77.8 Å². The maximum Gasteiger partial charge on any atom is 0.349 e. The van der Waals surface area contributed by atoms with Gasteiger partial charge in [-0.15, -0.1) is 0 Å². The first-order valence-electron chi connectivity index (χ1n) is 10.2. The van der Waals surface area contributed by atoms with Crippen LogP contribution in [0, 0.1) is 0 Å². The predicted octanol–water partition coefficient (Wildman–Crippen LogP) is 4.15. The molecule has 0 saturated carbocycles. The Morgan fingerprint density at radius 2 is 1.17 bits per heavy atom. The number of carboxylic acids is 1. The lowest BCUT2D eigenvalue weighted by Crippen LogP contribution is -2.50. The molecule has 0 aliphatic rings. The predicted molar refractivity (Wildman–Crippen MR) is 127 cm³/mol. The van der Waals surface area contributed by atoms with E-state index < -0.39 is 36.0 Å². The van der Waals surface area contributed by atoms with E-state index in [-0.39, 0.29) is 27.7 Å². The van der Waals surface area contributed by atoms with Crippen LogP contribution in [-0.2, 0) is 25.6 Å². The molecule has 0 heterocycles. The molecule has 0 spiro atoms. The number of halogens is 2. The van der Waals surface area contributed by atoms with Gasteiger partial charge in [0.05, 0.1) is 21.2 Å². The molecule has 0 aromatic heterocycles. The second-order valence-corrected chi connectivity index (χ2v) is 7.97. The topological polar surface area (TPSA) is 119 Å². The van der Waals surface area contributed by atoms with Gasteiger partial charge in [-0.05, 0) is 29.8 Å². The Hall–Kier alpha value is -3.88. The van der Waals surface area contributed by atoms with Crippen LogP contribution in [0.2, 0.25) is 10.0 Å². The van der Waals surface area contributed by atoms with Crippen LogP contribution in [-0.4, -0.2) is 41.1 Å². The van der Waals surface area contributed by atoms with Crippen LogP contribution in [0.25, 0.3) is 0 Å². The highest BCUT2D eigenvalue weighted by atomic mass is 35.5. The fourth-order valence-corrected chi connectivity index (χ4v) is 3.42. The maximum atomic E-state index is 13.0. The van der Waals surface area contributed by atoms with Crippen LogP contribution in [0.1, 0.15) is 26.3 Å². The third-order valence-corrected chi connectivity index (χ3v) is 5.40. The van der Waals surface area contributed by atoms with E-state index in [9.17, 15) is 24.3 Å². The summed E-state index contributed by atoms with van der Waals surface area (Å²) in [6.45, 7) is 0.00458. The average Bonchev–Trinajstić information content (AvgIpc) is 2.85. The van der Waals surface area contributed by atoms with E-state index in [0.717, 1.165) is 0 Å². The Morgan fingerprint density at radius 3 is 1.66 bits per heavy atom. The molecule has 35 heavy (non-hydrogen) atoms. The first-order chi connectivity index (χ1) is 16.8. The van der Waals surface area contributed by atoms with Gasteiger partial charge in [-0.3, -0.25) is 4.79 Å². The number of esters is 2. The lowest BCUT2D eigenvalue weighted by atomic mass is 10.1. The summed E-state index contributed by atoms with van der Waals surface area (Å²) in [5.41, 5.74) is 0.481. The molecular weight excluding hydrogens is 497 g/mol. The number of hydrogen-bond donors (Lipinski definition) is 2. The van der Waals surface area contributed by atoms with Gasteiger partial charge in [0.25, 0.3) is 5.91 Å². The number of aliphatic carboxylic acids is 1. The summed E-state index contributed by atoms with van der Waals surface area (Å²) in [4.78, 5) is 50.4. The number of carbonyl (C=O) groups is 4. The van der Waals surface area contributed by atoms with E-state index in [0.29, 0.717) is 5.56 Å². The van der Waals surface area contributed by atoms with Crippen LogP contribution < -0.4 is 5.32 Å². The Bertz CT molecular complexity index is 1230.